The molecular weight excluding hydrogens is 377 g/mol. The number of hydrogen-bond donors (Lipinski definition) is 2. The third-order valence-corrected chi connectivity index (χ3v) is 5.41. The van der Waals surface area contributed by atoms with Gasteiger partial charge in [-0.1, -0.05) is 53.5 Å². The van der Waals surface area contributed by atoms with E-state index < -0.39 is 0 Å². The SMILES string of the molecule is O=C(Nc1ccc(-c2cc3ccccc3[nH]2)cc1)c1nsc(Cl)c1Cl. The molecule has 4 rings (SSSR count). The molecular formula is C18H11Cl2N3OS. The molecule has 2 aromatic heterocycles. The second kappa shape index (κ2) is 6.52. The number of H-pyrrole nitrogens is 1. The maximum absolute atomic E-state index is 12.2. The average Bonchev–Trinajstić information content (AvgIpc) is 3.19. The number of nitrogens with one attached hydrogen (secondary N) is 2. The van der Waals surface area contributed by atoms with Crippen LogP contribution in [0, 0.1) is 0 Å². The quantitative estimate of drug-likeness (QED) is 0.463. The zero-order valence-corrected chi connectivity index (χ0v) is 15.0. The molecule has 0 saturated carbocycles. The van der Waals surface area contributed by atoms with E-state index in [4.69, 9.17) is 23.2 Å². The maximum atomic E-state index is 12.2. The van der Waals surface area contributed by atoms with Crippen molar-refractivity contribution in [3.8, 4) is 11.3 Å². The van der Waals surface area contributed by atoms with Crippen molar-refractivity contribution in [2.75, 3.05) is 5.32 Å². The summed E-state index contributed by atoms with van der Waals surface area (Å²) in [5.41, 5.74) is 3.93. The van der Waals surface area contributed by atoms with Crippen LogP contribution in [0.15, 0.2) is 54.6 Å². The van der Waals surface area contributed by atoms with Gasteiger partial charge in [-0.25, -0.2) is 0 Å². The van der Waals surface area contributed by atoms with Crippen molar-refractivity contribution in [3.63, 3.8) is 0 Å². The molecule has 25 heavy (non-hydrogen) atoms. The van der Waals surface area contributed by atoms with Gasteiger partial charge in [0.05, 0.1) is 0 Å². The van der Waals surface area contributed by atoms with Gasteiger partial charge < -0.3 is 10.3 Å². The van der Waals surface area contributed by atoms with Crippen LogP contribution in [0.1, 0.15) is 10.5 Å². The fourth-order valence-electron chi connectivity index (χ4n) is 2.55. The third kappa shape index (κ3) is 3.14. The van der Waals surface area contributed by atoms with Crippen molar-refractivity contribution in [1.82, 2.24) is 9.36 Å². The normalized spacial score (nSPS) is 11.0. The van der Waals surface area contributed by atoms with Crippen LogP contribution in [0.4, 0.5) is 5.69 Å². The number of anilines is 1. The van der Waals surface area contributed by atoms with Crippen molar-refractivity contribution in [1.29, 1.82) is 0 Å². The van der Waals surface area contributed by atoms with Gasteiger partial charge in [0.25, 0.3) is 5.91 Å². The van der Waals surface area contributed by atoms with Crippen molar-refractivity contribution in [3.05, 3.63) is 69.7 Å². The number of hydrogen-bond acceptors (Lipinski definition) is 3. The van der Waals surface area contributed by atoms with Crippen molar-refractivity contribution >= 4 is 57.2 Å². The van der Waals surface area contributed by atoms with Gasteiger partial charge in [0, 0.05) is 22.3 Å². The molecule has 0 unspecified atom stereocenters. The summed E-state index contributed by atoms with van der Waals surface area (Å²) in [5.74, 6) is -0.383. The van der Waals surface area contributed by atoms with E-state index >= 15 is 0 Å². The zero-order chi connectivity index (χ0) is 17.4. The molecule has 1 amide bonds. The van der Waals surface area contributed by atoms with Crippen LogP contribution >= 0.6 is 34.7 Å². The molecule has 0 atom stereocenters. The van der Waals surface area contributed by atoms with Gasteiger partial charge in [0.2, 0.25) is 0 Å². The summed E-state index contributed by atoms with van der Waals surface area (Å²) in [5, 5.41) is 4.11. The number of nitrogens with zero attached hydrogens (tertiary/aromatic N) is 1. The minimum atomic E-state index is -0.383. The lowest BCUT2D eigenvalue weighted by Gasteiger charge is -2.05. The number of halogens is 2. The number of aromatic nitrogens is 2. The fourth-order valence-corrected chi connectivity index (χ4v) is 3.55. The van der Waals surface area contributed by atoms with Crippen LogP contribution in [0.2, 0.25) is 9.36 Å². The van der Waals surface area contributed by atoms with Gasteiger partial charge in [-0.2, -0.15) is 4.37 Å². The minimum Gasteiger partial charge on any atom is -0.355 e. The van der Waals surface area contributed by atoms with E-state index in [9.17, 15) is 4.79 Å². The predicted octanol–water partition coefficient (Wildman–Crippen LogP) is 5.85. The Morgan fingerprint density at radius 1 is 1.08 bits per heavy atom. The Labute approximate surface area is 157 Å². The van der Waals surface area contributed by atoms with Gasteiger partial charge in [-0.15, -0.1) is 0 Å². The lowest BCUT2D eigenvalue weighted by Crippen LogP contribution is -2.12. The number of carbonyl (C=O) groups is 1. The summed E-state index contributed by atoms with van der Waals surface area (Å²) in [7, 11) is 0. The molecule has 4 aromatic rings. The average molecular weight is 388 g/mol. The summed E-state index contributed by atoms with van der Waals surface area (Å²) < 4.78 is 4.27. The summed E-state index contributed by atoms with van der Waals surface area (Å²) >= 11 is 12.8. The largest absolute Gasteiger partial charge is 0.355 e. The summed E-state index contributed by atoms with van der Waals surface area (Å²) in [4.78, 5) is 15.6. The van der Waals surface area contributed by atoms with E-state index in [1.54, 1.807) is 0 Å². The highest BCUT2D eigenvalue weighted by atomic mass is 35.5. The van der Waals surface area contributed by atoms with Crippen molar-refractivity contribution < 1.29 is 4.79 Å². The summed E-state index contributed by atoms with van der Waals surface area (Å²) in [6.07, 6.45) is 0. The number of carbonyl (C=O) groups excluding carboxylic acids is 1. The highest BCUT2D eigenvalue weighted by molar-refractivity contribution is 7.11. The molecule has 0 spiro atoms. The molecule has 0 saturated heterocycles. The fraction of sp³-hybridized carbons (Fsp3) is 0. The molecule has 7 heteroatoms. The van der Waals surface area contributed by atoms with Gasteiger partial charge in [-0.3, -0.25) is 4.79 Å². The van der Waals surface area contributed by atoms with Gasteiger partial charge in [-0.05, 0) is 41.4 Å². The summed E-state index contributed by atoms with van der Waals surface area (Å²) in [6, 6.07) is 17.8. The molecule has 0 aliphatic rings. The Morgan fingerprint density at radius 2 is 1.84 bits per heavy atom. The number of para-hydroxylation sites is 1. The van der Waals surface area contributed by atoms with Crippen LogP contribution in [0.5, 0.6) is 0 Å². The van der Waals surface area contributed by atoms with Crippen molar-refractivity contribution in [2.45, 2.75) is 0 Å². The monoisotopic (exact) mass is 387 g/mol. The Bertz CT molecular complexity index is 1040. The van der Waals surface area contributed by atoms with Crippen LogP contribution in [0.25, 0.3) is 22.2 Å². The third-order valence-electron chi connectivity index (χ3n) is 3.80. The Hall–Kier alpha value is -2.34. The molecule has 4 nitrogen and oxygen atoms in total. The molecule has 0 fully saturated rings. The number of benzene rings is 2. The van der Waals surface area contributed by atoms with E-state index in [2.05, 4.69) is 26.8 Å². The minimum absolute atomic E-state index is 0.136. The second-order valence-electron chi connectivity index (χ2n) is 5.42. The van der Waals surface area contributed by atoms with E-state index in [0.717, 1.165) is 33.7 Å². The standard InChI is InChI=1S/C18H11Cl2N3OS/c19-15-16(23-25-17(15)20)18(24)21-12-7-5-10(6-8-12)14-9-11-3-1-2-4-13(11)22-14/h1-9,22H,(H,21,24). The van der Waals surface area contributed by atoms with Crippen LogP contribution < -0.4 is 5.32 Å². The van der Waals surface area contributed by atoms with Crippen molar-refractivity contribution in [2.24, 2.45) is 0 Å². The highest BCUT2D eigenvalue weighted by Crippen LogP contribution is 2.30. The first-order valence-corrected chi connectivity index (χ1v) is 8.95. The van der Waals surface area contributed by atoms with E-state index in [1.807, 2.05) is 42.5 Å². The van der Waals surface area contributed by atoms with Gasteiger partial charge >= 0.3 is 0 Å². The molecule has 2 aromatic carbocycles. The topological polar surface area (TPSA) is 57.8 Å². The molecule has 124 valence electrons. The number of aromatic amines is 1. The lowest BCUT2D eigenvalue weighted by atomic mass is 10.1. The molecule has 0 aliphatic carbocycles. The Morgan fingerprint density at radius 3 is 2.52 bits per heavy atom. The van der Waals surface area contributed by atoms with Crippen LogP contribution in [0.3, 0.4) is 0 Å². The molecule has 2 heterocycles. The number of fused-ring (bicyclic) bond motifs is 1. The second-order valence-corrected chi connectivity index (χ2v) is 7.17. The number of amides is 1. The lowest BCUT2D eigenvalue weighted by molar-refractivity contribution is 0.102. The molecule has 0 bridgehead atoms. The smallest absolute Gasteiger partial charge is 0.276 e. The molecule has 2 N–H and O–H groups in total. The molecule has 0 aliphatic heterocycles. The van der Waals surface area contributed by atoms with Gasteiger partial charge in [0.15, 0.2) is 5.69 Å². The van der Waals surface area contributed by atoms with E-state index in [0.29, 0.717) is 10.0 Å². The van der Waals surface area contributed by atoms with Gasteiger partial charge in [0.1, 0.15) is 9.36 Å². The first-order valence-electron chi connectivity index (χ1n) is 7.42. The van der Waals surface area contributed by atoms with E-state index in [1.165, 1.54) is 0 Å². The van der Waals surface area contributed by atoms with Crippen LogP contribution in [-0.4, -0.2) is 15.3 Å². The predicted molar refractivity (Wildman–Crippen MR) is 104 cm³/mol. The highest BCUT2D eigenvalue weighted by Gasteiger charge is 2.17. The first kappa shape index (κ1) is 16.1. The molecule has 0 radical (unpaired) electrons. The summed E-state index contributed by atoms with van der Waals surface area (Å²) in [6.45, 7) is 0. The zero-order valence-electron chi connectivity index (χ0n) is 12.7. The first-order chi connectivity index (χ1) is 12.1. The Balaban J connectivity index is 1.55. The number of rotatable bonds is 3. The Kier molecular flexibility index (Phi) is 4.21. The van der Waals surface area contributed by atoms with E-state index in [-0.39, 0.29) is 16.6 Å². The van der Waals surface area contributed by atoms with Crippen LogP contribution in [-0.2, 0) is 0 Å². The maximum Gasteiger partial charge on any atom is 0.276 e.